The first kappa shape index (κ1) is 13.9. The monoisotopic (exact) mass is 287 g/mol. The first-order valence-electron chi connectivity index (χ1n) is 7.28. The number of aromatic amines is 1. The number of nitrogens with one attached hydrogen (secondary N) is 1. The maximum absolute atomic E-state index is 12.7. The molecule has 0 spiro atoms. The molecule has 1 saturated heterocycles. The van der Waals surface area contributed by atoms with Gasteiger partial charge >= 0.3 is 0 Å². The van der Waals surface area contributed by atoms with E-state index in [9.17, 15) is 4.79 Å². The van der Waals surface area contributed by atoms with Crippen LogP contribution in [-0.4, -0.2) is 22.0 Å². The fraction of sp³-hybridized carbons (Fsp3) is 0.438. The molecule has 21 heavy (non-hydrogen) atoms. The predicted octanol–water partition coefficient (Wildman–Crippen LogP) is 2.42. The highest BCUT2D eigenvalue weighted by Crippen LogP contribution is 2.36. The van der Waals surface area contributed by atoms with E-state index in [2.05, 4.69) is 18.9 Å². The molecule has 1 atom stereocenters. The number of hydrogen-bond donors (Lipinski definition) is 2. The molecule has 1 fully saturated rings. The molecule has 1 unspecified atom stereocenters. The summed E-state index contributed by atoms with van der Waals surface area (Å²) in [4.78, 5) is 12.7. The standard InChI is InChI=1S/C16H21N3O2/c1-16(2)10-11(8-9-21-16)13-14(17)18-19(15(13)20)12-6-4-3-5-7-12/h3-7,11,18H,8-10,17H2,1-2H3. The Bertz CT molecular complexity index is 685. The van der Waals surface area contributed by atoms with Crippen molar-refractivity contribution in [2.24, 2.45) is 0 Å². The number of ether oxygens (including phenoxy) is 1. The molecule has 3 rings (SSSR count). The molecule has 0 radical (unpaired) electrons. The van der Waals surface area contributed by atoms with Crippen molar-refractivity contribution in [3.63, 3.8) is 0 Å². The molecule has 2 heterocycles. The molecule has 1 aromatic carbocycles. The molecule has 1 aliphatic heterocycles. The van der Waals surface area contributed by atoms with Gasteiger partial charge in [0.05, 0.1) is 16.9 Å². The summed E-state index contributed by atoms with van der Waals surface area (Å²) in [5.41, 5.74) is 7.30. The summed E-state index contributed by atoms with van der Waals surface area (Å²) < 4.78 is 7.25. The van der Waals surface area contributed by atoms with Crippen molar-refractivity contribution in [1.82, 2.24) is 9.78 Å². The lowest BCUT2D eigenvalue weighted by Crippen LogP contribution is -2.34. The Labute approximate surface area is 123 Å². The van der Waals surface area contributed by atoms with E-state index in [0.29, 0.717) is 18.0 Å². The summed E-state index contributed by atoms with van der Waals surface area (Å²) in [6.45, 7) is 4.77. The Kier molecular flexibility index (Phi) is 3.37. The van der Waals surface area contributed by atoms with E-state index in [1.165, 1.54) is 4.68 Å². The van der Waals surface area contributed by atoms with Gasteiger partial charge in [-0.25, -0.2) is 4.68 Å². The third-order valence-electron chi connectivity index (χ3n) is 4.08. The van der Waals surface area contributed by atoms with Gasteiger partial charge in [0.1, 0.15) is 5.82 Å². The average Bonchev–Trinajstić information content (AvgIpc) is 2.74. The van der Waals surface area contributed by atoms with Crippen molar-refractivity contribution in [3.8, 4) is 5.69 Å². The van der Waals surface area contributed by atoms with E-state index >= 15 is 0 Å². The molecule has 1 aliphatic rings. The van der Waals surface area contributed by atoms with Crippen molar-refractivity contribution in [2.45, 2.75) is 38.2 Å². The molecular weight excluding hydrogens is 266 g/mol. The SMILES string of the molecule is CC1(C)CC(c2c(N)[nH]n(-c3ccccc3)c2=O)CCO1. The van der Waals surface area contributed by atoms with Crippen molar-refractivity contribution in [3.05, 3.63) is 46.2 Å². The third kappa shape index (κ3) is 2.61. The largest absolute Gasteiger partial charge is 0.384 e. The van der Waals surface area contributed by atoms with Crippen LogP contribution in [0.2, 0.25) is 0 Å². The van der Waals surface area contributed by atoms with Crippen molar-refractivity contribution < 1.29 is 4.74 Å². The molecule has 5 nitrogen and oxygen atoms in total. The van der Waals surface area contributed by atoms with Crippen LogP contribution in [0.25, 0.3) is 5.69 Å². The Morgan fingerprint density at radius 3 is 2.71 bits per heavy atom. The van der Waals surface area contributed by atoms with Crippen LogP contribution >= 0.6 is 0 Å². The molecular formula is C16H21N3O2. The zero-order valence-electron chi connectivity index (χ0n) is 12.4. The minimum atomic E-state index is -0.212. The summed E-state index contributed by atoms with van der Waals surface area (Å²) in [6, 6.07) is 9.49. The highest BCUT2D eigenvalue weighted by molar-refractivity contribution is 5.44. The lowest BCUT2D eigenvalue weighted by Gasteiger charge is -2.35. The number of benzene rings is 1. The van der Waals surface area contributed by atoms with Crippen LogP contribution in [0.1, 0.15) is 38.2 Å². The number of H-pyrrole nitrogens is 1. The summed E-state index contributed by atoms with van der Waals surface area (Å²) in [5.74, 6) is 0.606. The number of para-hydroxylation sites is 1. The van der Waals surface area contributed by atoms with Gasteiger partial charge < -0.3 is 10.5 Å². The van der Waals surface area contributed by atoms with Crippen LogP contribution < -0.4 is 11.3 Å². The maximum atomic E-state index is 12.7. The Morgan fingerprint density at radius 1 is 1.33 bits per heavy atom. The maximum Gasteiger partial charge on any atom is 0.276 e. The summed E-state index contributed by atoms with van der Waals surface area (Å²) in [5, 5.41) is 2.99. The van der Waals surface area contributed by atoms with Crippen molar-refractivity contribution >= 4 is 5.82 Å². The fourth-order valence-corrected chi connectivity index (χ4v) is 3.10. The summed E-state index contributed by atoms with van der Waals surface area (Å²) in [7, 11) is 0. The zero-order valence-corrected chi connectivity index (χ0v) is 12.4. The van der Waals surface area contributed by atoms with Gasteiger partial charge in [0.15, 0.2) is 0 Å². The Morgan fingerprint density at radius 2 is 2.05 bits per heavy atom. The molecule has 0 amide bonds. The van der Waals surface area contributed by atoms with E-state index in [1.54, 1.807) is 0 Å². The van der Waals surface area contributed by atoms with Crippen LogP contribution in [0, 0.1) is 0 Å². The molecule has 0 bridgehead atoms. The Balaban J connectivity index is 2.01. The minimum absolute atomic E-state index is 0.0543. The average molecular weight is 287 g/mol. The fourth-order valence-electron chi connectivity index (χ4n) is 3.10. The summed E-state index contributed by atoms with van der Waals surface area (Å²) >= 11 is 0. The van der Waals surface area contributed by atoms with Gasteiger partial charge in [0.2, 0.25) is 0 Å². The van der Waals surface area contributed by atoms with E-state index < -0.39 is 0 Å². The number of aromatic nitrogens is 2. The zero-order chi connectivity index (χ0) is 15.0. The smallest absolute Gasteiger partial charge is 0.276 e. The number of anilines is 1. The third-order valence-corrected chi connectivity index (χ3v) is 4.08. The first-order chi connectivity index (χ1) is 9.98. The van der Waals surface area contributed by atoms with Crippen molar-refractivity contribution in [1.29, 1.82) is 0 Å². The van der Waals surface area contributed by atoms with Gasteiger partial charge in [-0.1, -0.05) is 18.2 Å². The quantitative estimate of drug-likeness (QED) is 0.891. The predicted molar refractivity (Wildman–Crippen MR) is 82.8 cm³/mol. The topological polar surface area (TPSA) is 73.0 Å². The van der Waals surface area contributed by atoms with Gasteiger partial charge in [-0.05, 0) is 44.7 Å². The number of hydrogen-bond acceptors (Lipinski definition) is 3. The molecule has 0 saturated carbocycles. The Hall–Kier alpha value is -2.01. The molecule has 0 aliphatic carbocycles. The number of nitrogen functional groups attached to an aromatic ring is 1. The van der Waals surface area contributed by atoms with Gasteiger partial charge in [-0.15, -0.1) is 0 Å². The second kappa shape index (κ2) is 5.07. The second-order valence-corrected chi connectivity index (χ2v) is 6.21. The second-order valence-electron chi connectivity index (χ2n) is 6.21. The lowest BCUT2D eigenvalue weighted by atomic mass is 9.84. The highest BCUT2D eigenvalue weighted by Gasteiger charge is 2.33. The van der Waals surface area contributed by atoms with E-state index in [1.807, 2.05) is 30.3 Å². The van der Waals surface area contributed by atoms with Gasteiger partial charge in [-0.2, -0.15) is 0 Å². The normalized spacial score (nSPS) is 21.3. The van der Waals surface area contributed by atoms with Crippen LogP contribution in [-0.2, 0) is 4.74 Å². The van der Waals surface area contributed by atoms with Gasteiger partial charge in [-0.3, -0.25) is 9.89 Å². The van der Waals surface area contributed by atoms with Crippen LogP contribution in [0.15, 0.2) is 35.1 Å². The molecule has 1 aromatic heterocycles. The van der Waals surface area contributed by atoms with Crippen LogP contribution in [0.4, 0.5) is 5.82 Å². The molecule has 112 valence electrons. The van der Waals surface area contributed by atoms with Crippen LogP contribution in [0.5, 0.6) is 0 Å². The van der Waals surface area contributed by atoms with E-state index in [4.69, 9.17) is 10.5 Å². The lowest BCUT2D eigenvalue weighted by molar-refractivity contribution is -0.0593. The minimum Gasteiger partial charge on any atom is -0.384 e. The molecule has 5 heteroatoms. The van der Waals surface area contributed by atoms with Gasteiger partial charge in [0, 0.05) is 6.61 Å². The molecule has 3 N–H and O–H groups in total. The van der Waals surface area contributed by atoms with E-state index in [0.717, 1.165) is 18.5 Å². The molecule has 2 aromatic rings. The first-order valence-corrected chi connectivity index (χ1v) is 7.28. The van der Waals surface area contributed by atoms with Crippen LogP contribution in [0.3, 0.4) is 0 Å². The highest BCUT2D eigenvalue weighted by atomic mass is 16.5. The number of nitrogens with two attached hydrogens (primary N) is 1. The van der Waals surface area contributed by atoms with Gasteiger partial charge in [0.25, 0.3) is 5.56 Å². The van der Waals surface area contributed by atoms with E-state index in [-0.39, 0.29) is 17.1 Å². The summed E-state index contributed by atoms with van der Waals surface area (Å²) in [6.07, 6.45) is 1.63. The van der Waals surface area contributed by atoms with Crippen molar-refractivity contribution in [2.75, 3.05) is 12.3 Å². The number of nitrogens with zero attached hydrogens (tertiary/aromatic N) is 1. The number of rotatable bonds is 2.